The van der Waals surface area contributed by atoms with Crippen LogP contribution in [0.2, 0.25) is 0 Å². The molecule has 2 atom stereocenters. The van der Waals surface area contributed by atoms with E-state index in [1.165, 1.54) is 19.4 Å². The highest BCUT2D eigenvalue weighted by Gasteiger charge is 2.39. The number of ether oxygens (including phenoxy) is 1. The summed E-state index contributed by atoms with van der Waals surface area (Å²) in [6, 6.07) is 0.355. The summed E-state index contributed by atoms with van der Waals surface area (Å²) in [5.41, 5.74) is -0.396. The Hall–Kier alpha value is -0.770. The van der Waals surface area contributed by atoms with Gasteiger partial charge >= 0.3 is 6.09 Å². The molecule has 4 nitrogen and oxygen atoms in total. The first-order chi connectivity index (χ1) is 8.89. The number of nitrogens with zero attached hydrogens (tertiary/aromatic N) is 2. The molecule has 2 heterocycles. The van der Waals surface area contributed by atoms with E-state index >= 15 is 0 Å². The smallest absolute Gasteiger partial charge is 0.410 e. The Bertz CT molecular complexity index is 325. The zero-order valence-corrected chi connectivity index (χ0v) is 12.8. The molecule has 2 bridgehead atoms. The largest absolute Gasteiger partial charge is 0.444 e. The first-order valence-electron chi connectivity index (χ1n) is 7.61. The molecule has 0 spiro atoms. The Labute approximate surface area is 117 Å². The summed E-state index contributed by atoms with van der Waals surface area (Å²) in [5, 5.41) is 0. The molecule has 2 rings (SSSR count). The first-order valence-corrected chi connectivity index (χ1v) is 7.61. The van der Waals surface area contributed by atoms with Gasteiger partial charge in [0.1, 0.15) is 5.60 Å². The van der Waals surface area contributed by atoms with E-state index < -0.39 is 5.60 Å². The van der Waals surface area contributed by atoms with Crippen molar-refractivity contribution in [1.82, 2.24) is 9.80 Å². The molecule has 110 valence electrons. The Balaban J connectivity index is 1.98. The number of hydrogen-bond donors (Lipinski definition) is 0. The second-order valence-electron chi connectivity index (χ2n) is 6.98. The summed E-state index contributed by atoms with van der Waals surface area (Å²) in [6.45, 7) is 12.3. The molecule has 0 aromatic rings. The molecule has 0 aromatic carbocycles. The van der Waals surface area contributed by atoms with Crippen molar-refractivity contribution in [3.8, 4) is 0 Å². The minimum Gasteiger partial charge on any atom is -0.444 e. The molecule has 2 saturated heterocycles. The van der Waals surface area contributed by atoms with Crippen LogP contribution < -0.4 is 0 Å². The van der Waals surface area contributed by atoms with Crippen molar-refractivity contribution >= 4 is 6.09 Å². The fourth-order valence-corrected chi connectivity index (χ4v) is 3.21. The summed E-state index contributed by atoms with van der Waals surface area (Å²) in [7, 11) is 0. The average Bonchev–Trinajstić information content (AvgIpc) is 2.55. The third kappa shape index (κ3) is 3.85. The van der Waals surface area contributed by atoms with E-state index in [1.807, 2.05) is 25.7 Å². The van der Waals surface area contributed by atoms with Crippen molar-refractivity contribution < 1.29 is 9.53 Å². The molecule has 0 radical (unpaired) electrons. The molecule has 2 fully saturated rings. The first kappa shape index (κ1) is 14.6. The molecular formula is C15H28N2O2. The van der Waals surface area contributed by atoms with Gasteiger partial charge in [-0.1, -0.05) is 6.92 Å². The zero-order chi connectivity index (χ0) is 14.0. The zero-order valence-electron chi connectivity index (χ0n) is 12.8. The van der Waals surface area contributed by atoms with Crippen LogP contribution in [-0.2, 0) is 4.74 Å². The van der Waals surface area contributed by atoms with Crippen LogP contribution in [0.15, 0.2) is 0 Å². The van der Waals surface area contributed by atoms with Gasteiger partial charge in [0.2, 0.25) is 0 Å². The summed E-state index contributed by atoms with van der Waals surface area (Å²) < 4.78 is 5.53. The van der Waals surface area contributed by atoms with Gasteiger partial charge in [0.25, 0.3) is 0 Å². The number of fused-ring (bicyclic) bond motifs is 2. The standard InChI is InChI=1S/C15H28N2O2/c1-5-7-16-8-6-12-9-13(11-16)17(10-12)14(18)19-15(2,3)4/h12-13H,5-11H2,1-4H3. The maximum Gasteiger partial charge on any atom is 0.410 e. The molecular weight excluding hydrogens is 240 g/mol. The maximum absolute atomic E-state index is 12.3. The Kier molecular flexibility index (Phi) is 4.39. The Morgan fingerprint density at radius 3 is 2.68 bits per heavy atom. The summed E-state index contributed by atoms with van der Waals surface area (Å²) in [5.74, 6) is 0.666. The van der Waals surface area contributed by atoms with Crippen molar-refractivity contribution in [3.05, 3.63) is 0 Å². The highest BCUT2D eigenvalue weighted by Crippen LogP contribution is 2.31. The lowest BCUT2D eigenvalue weighted by molar-refractivity contribution is 0.0178. The van der Waals surface area contributed by atoms with E-state index in [1.54, 1.807) is 0 Å². The normalized spacial score (nSPS) is 28.3. The van der Waals surface area contributed by atoms with Crippen molar-refractivity contribution in [3.63, 3.8) is 0 Å². The fourth-order valence-electron chi connectivity index (χ4n) is 3.21. The Morgan fingerprint density at radius 1 is 1.32 bits per heavy atom. The highest BCUT2D eigenvalue weighted by molar-refractivity contribution is 5.69. The molecule has 2 aliphatic rings. The molecule has 1 amide bonds. The summed E-state index contributed by atoms with van der Waals surface area (Å²) in [4.78, 5) is 16.7. The monoisotopic (exact) mass is 268 g/mol. The Morgan fingerprint density at radius 2 is 2.05 bits per heavy atom. The van der Waals surface area contributed by atoms with Gasteiger partial charge in [-0.25, -0.2) is 4.79 Å². The number of carbonyl (C=O) groups is 1. The molecule has 0 saturated carbocycles. The van der Waals surface area contributed by atoms with Crippen LogP contribution in [0.4, 0.5) is 4.79 Å². The second-order valence-corrected chi connectivity index (χ2v) is 6.98. The predicted octanol–water partition coefficient (Wildman–Crippen LogP) is 2.73. The minimum atomic E-state index is -0.396. The summed E-state index contributed by atoms with van der Waals surface area (Å²) in [6.07, 6.45) is 3.43. The molecule has 2 aliphatic heterocycles. The lowest BCUT2D eigenvalue weighted by Crippen LogP contribution is -2.46. The molecule has 0 aliphatic carbocycles. The number of amides is 1. The van der Waals surface area contributed by atoms with Crippen molar-refractivity contribution in [2.45, 2.75) is 58.6 Å². The van der Waals surface area contributed by atoms with E-state index in [-0.39, 0.29) is 6.09 Å². The molecule has 2 unspecified atom stereocenters. The summed E-state index contributed by atoms with van der Waals surface area (Å²) >= 11 is 0. The third-order valence-electron chi connectivity index (χ3n) is 3.99. The van der Waals surface area contributed by atoms with Gasteiger partial charge in [-0.3, -0.25) is 0 Å². The molecule has 0 aromatic heterocycles. The quantitative estimate of drug-likeness (QED) is 0.772. The van der Waals surface area contributed by atoms with Crippen LogP contribution in [0.1, 0.15) is 47.0 Å². The fraction of sp³-hybridized carbons (Fsp3) is 0.933. The highest BCUT2D eigenvalue weighted by atomic mass is 16.6. The van der Waals surface area contributed by atoms with Crippen LogP contribution in [0.5, 0.6) is 0 Å². The van der Waals surface area contributed by atoms with Gasteiger partial charge < -0.3 is 14.5 Å². The topological polar surface area (TPSA) is 32.8 Å². The number of hydrogen-bond acceptors (Lipinski definition) is 3. The number of rotatable bonds is 2. The van der Waals surface area contributed by atoms with Gasteiger partial charge in [-0.15, -0.1) is 0 Å². The van der Waals surface area contributed by atoms with Gasteiger partial charge in [0, 0.05) is 19.1 Å². The number of likely N-dealkylation sites (tertiary alicyclic amines) is 2. The maximum atomic E-state index is 12.3. The minimum absolute atomic E-state index is 0.127. The predicted molar refractivity (Wildman–Crippen MR) is 76.2 cm³/mol. The SMILES string of the molecule is CCCN1CCC2CC(C1)N(C(=O)OC(C)(C)C)C2. The molecule has 19 heavy (non-hydrogen) atoms. The van der Waals surface area contributed by atoms with Crippen LogP contribution >= 0.6 is 0 Å². The van der Waals surface area contributed by atoms with Crippen molar-refractivity contribution in [2.75, 3.05) is 26.2 Å². The van der Waals surface area contributed by atoms with E-state index in [4.69, 9.17) is 4.74 Å². The van der Waals surface area contributed by atoms with Gasteiger partial charge in [0.05, 0.1) is 0 Å². The lowest BCUT2D eigenvalue weighted by Gasteiger charge is -2.32. The average molecular weight is 268 g/mol. The van der Waals surface area contributed by atoms with E-state index in [2.05, 4.69) is 11.8 Å². The van der Waals surface area contributed by atoms with E-state index in [9.17, 15) is 4.79 Å². The van der Waals surface area contributed by atoms with Crippen LogP contribution in [-0.4, -0.2) is 53.7 Å². The molecule has 4 heteroatoms. The van der Waals surface area contributed by atoms with Crippen LogP contribution in [0.3, 0.4) is 0 Å². The number of carbonyl (C=O) groups excluding carboxylic acids is 1. The van der Waals surface area contributed by atoms with Crippen LogP contribution in [0, 0.1) is 5.92 Å². The van der Waals surface area contributed by atoms with Gasteiger partial charge in [-0.2, -0.15) is 0 Å². The van der Waals surface area contributed by atoms with Crippen LogP contribution in [0.25, 0.3) is 0 Å². The molecule has 0 N–H and O–H groups in total. The van der Waals surface area contributed by atoms with Crippen molar-refractivity contribution in [1.29, 1.82) is 0 Å². The van der Waals surface area contributed by atoms with E-state index in [0.29, 0.717) is 12.0 Å². The third-order valence-corrected chi connectivity index (χ3v) is 3.99. The van der Waals surface area contributed by atoms with Gasteiger partial charge in [-0.05, 0) is 59.0 Å². The van der Waals surface area contributed by atoms with Crippen molar-refractivity contribution in [2.24, 2.45) is 5.92 Å². The lowest BCUT2D eigenvalue weighted by atomic mass is 10.0. The second kappa shape index (κ2) is 5.70. The van der Waals surface area contributed by atoms with Gasteiger partial charge in [0.15, 0.2) is 0 Å². The van der Waals surface area contributed by atoms with E-state index in [0.717, 1.165) is 26.1 Å².